The SMILES string of the molecule is CCC1NC(CC)N(CC2CC2)C1=O. The molecule has 0 aromatic carbocycles. The number of hydrogen-bond acceptors (Lipinski definition) is 2. The van der Waals surface area contributed by atoms with Crippen molar-refractivity contribution in [3.05, 3.63) is 0 Å². The lowest BCUT2D eigenvalue weighted by molar-refractivity contribution is -0.130. The van der Waals surface area contributed by atoms with Crippen molar-refractivity contribution in [3.8, 4) is 0 Å². The number of carbonyl (C=O) groups is 1. The van der Waals surface area contributed by atoms with Gasteiger partial charge in [-0.25, -0.2) is 0 Å². The summed E-state index contributed by atoms with van der Waals surface area (Å²) in [5.41, 5.74) is 0. The van der Waals surface area contributed by atoms with Crippen molar-refractivity contribution in [1.82, 2.24) is 10.2 Å². The maximum atomic E-state index is 11.9. The zero-order valence-corrected chi connectivity index (χ0v) is 9.12. The highest BCUT2D eigenvalue weighted by Gasteiger charge is 2.39. The fourth-order valence-corrected chi connectivity index (χ4v) is 2.17. The van der Waals surface area contributed by atoms with Crippen LogP contribution in [0.1, 0.15) is 39.5 Å². The van der Waals surface area contributed by atoms with E-state index in [0.29, 0.717) is 12.1 Å². The first kappa shape index (κ1) is 9.97. The molecule has 2 unspecified atom stereocenters. The summed E-state index contributed by atoms with van der Waals surface area (Å²) in [4.78, 5) is 14.0. The molecular formula is C11H20N2O. The molecule has 1 saturated carbocycles. The van der Waals surface area contributed by atoms with Crippen molar-refractivity contribution in [2.45, 2.75) is 51.7 Å². The third-order valence-corrected chi connectivity index (χ3v) is 3.30. The summed E-state index contributed by atoms with van der Waals surface area (Å²) in [7, 11) is 0. The van der Waals surface area contributed by atoms with Crippen LogP contribution in [0.5, 0.6) is 0 Å². The topological polar surface area (TPSA) is 32.3 Å². The van der Waals surface area contributed by atoms with Crippen LogP contribution in [0.25, 0.3) is 0 Å². The van der Waals surface area contributed by atoms with Crippen molar-refractivity contribution in [2.75, 3.05) is 6.54 Å². The van der Waals surface area contributed by atoms with E-state index in [2.05, 4.69) is 24.1 Å². The smallest absolute Gasteiger partial charge is 0.241 e. The lowest BCUT2D eigenvalue weighted by Gasteiger charge is -2.22. The highest BCUT2D eigenvalue weighted by Crippen LogP contribution is 2.31. The van der Waals surface area contributed by atoms with Gasteiger partial charge in [0.05, 0.1) is 12.2 Å². The molecule has 1 N–H and O–H groups in total. The fourth-order valence-electron chi connectivity index (χ4n) is 2.17. The van der Waals surface area contributed by atoms with Gasteiger partial charge in [-0.1, -0.05) is 13.8 Å². The Morgan fingerprint density at radius 1 is 1.36 bits per heavy atom. The average molecular weight is 196 g/mol. The minimum absolute atomic E-state index is 0.0821. The van der Waals surface area contributed by atoms with E-state index >= 15 is 0 Å². The van der Waals surface area contributed by atoms with Gasteiger partial charge in [-0.05, 0) is 31.6 Å². The Hall–Kier alpha value is -0.570. The van der Waals surface area contributed by atoms with Gasteiger partial charge in [-0.15, -0.1) is 0 Å². The summed E-state index contributed by atoms with van der Waals surface area (Å²) in [6.07, 6.45) is 4.87. The molecule has 14 heavy (non-hydrogen) atoms. The molecule has 3 nitrogen and oxygen atoms in total. The van der Waals surface area contributed by atoms with E-state index in [1.54, 1.807) is 0 Å². The molecule has 1 amide bonds. The number of hydrogen-bond donors (Lipinski definition) is 1. The highest BCUT2D eigenvalue weighted by atomic mass is 16.2. The van der Waals surface area contributed by atoms with Crippen LogP contribution in [0.2, 0.25) is 0 Å². The quantitative estimate of drug-likeness (QED) is 0.736. The average Bonchev–Trinajstić information content (AvgIpc) is 2.95. The summed E-state index contributed by atoms with van der Waals surface area (Å²) in [5.74, 6) is 1.12. The Morgan fingerprint density at radius 2 is 2.07 bits per heavy atom. The first-order chi connectivity index (χ1) is 6.76. The van der Waals surface area contributed by atoms with Crippen LogP contribution in [0.15, 0.2) is 0 Å². The minimum atomic E-state index is 0.0821. The Balaban J connectivity index is 1.99. The molecule has 3 heteroatoms. The maximum Gasteiger partial charge on any atom is 0.241 e. The van der Waals surface area contributed by atoms with Crippen molar-refractivity contribution in [3.63, 3.8) is 0 Å². The van der Waals surface area contributed by atoms with E-state index < -0.39 is 0 Å². The predicted octanol–water partition coefficient (Wildman–Crippen LogP) is 1.34. The second kappa shape index (κ2) is 3.89. The molecule has 2 fully saturated rings. The van der Waals surface area contributed by atoms with Crippen molar-refractivity contribution in [1.29, 1.82) is 0 Å². The molecule has 0 bridgehead atoms. The Bertz CT molecular complexity index is 225. The molecular weight excluding hydrogens is 176 g/mol. The second-order valence-electron chi connectivity index (χ2n) is 4.49. The van der Waals surface area contributed by atoms with E-state index in [1.807, 2.05) is 0 Å². The fraction of sp³-hybridized carbons (Fsp3) is 0.909. The summed E-state index contributed by atoms with van der Waals surface area (Å²) in [5, 5.41) is 3.40. The summed E-state index contributed by atoms with van der Waals surface area (Å²) in [6, 6.07) is 0.0821. The highest BCUT2D eigenvalue weighted by molar-refractivity contribution is 5.84. The van der Waals surface area contributed by atoms with Gasteiger partial charge in [0.15, 0.2) is 0 Å². The first-order valence-corrected chi connectivity index (χ1v) is 5.82. The molecule has 0 aromatic rings. The lowest BCUT2D eigenvalue weighted by Crippen LogP contribution is -2.38. The number of nitrogens with one attached hydrogen (secondary N) is 1. The zero-order valence-electron chi connectivity index (χ0n) is 9.12. The van der Waals surface area contributed by atoms with Crippen LogP contribution in [0.3, 0.4) is 0 Å². The third kappa shape index (κ3) is 1.78. The van der Waals surface area contributed by atoms with Gasteiger partial charge in [-0.2, -0.15) is 0 Å². The van der Waals surface area contributed by atoms with Gasteiger partial charge in [0.25, 0.3) is 0 Å². The minimum Gasteiger partial charge on any atom is -0.326 e. The molecule has 1 saturated heterocycles. The largest absolute Gasteiger partial charge is 0.326 e. The van der Waals surface area contributed by atoms with Gasteiger partial charge in [-0.3, -0.25) is 10.1 Å². The van der Waals surface area contributed by atoms with Gasteiger partial charge in [0.1, 0.15) is 0 Å². The Morgan fingerprint density at radius 3 is 2.57 bits per heavy atom. The maximum absolute atomic E-state index is 11.9. The van der Waals surface area contributed by atoms with Crippen LogP contribution in [0, 0.1) is 5.92 Å². The normalized spacial score (nSPS) is 32.7. The summed E-state index contributed by atoms with van der Waals surface area (Å²) >= 11 is 0. The molecule has 1 aliphatic carbocycles. The van der Waals surface area contributed by atoms with Gasteiger partial charge in [0, 0.05) is 6.54 Å². The number of carbonyl (C=O) groups excluding carboxylic acids is 1. The molecule has 0 radical (unpaired) electrons. The van der Waals surface area contributed by atoms with Crippen molar-refractivity contribution >= 4 is 5.91 Å². The third-order valence-electron chi connectivity index (χ3n) is 3.30. The first-order valence-electron chi connectivity index (χ1n) is 5.82. The van der Waals surface area contributed by atoms with Gasteiger partial charge < -0.3 is 4.90 Å². The van der Waals surface area contributed by atoms with E-state index in [1.165, 1.54) is 12.8 Å². The number of rotatable bonds is 4. The van der Waals surface area contributed by atoms with E-state index in [0.717, 1.165) is 25.3 Å². The molecule has 2 atom stereocenters. The van der Waals surface area contributed by atoms with Crippen LogP contribution >= 0.6 is 0 Å². The summed E-state index contributed by atoms with van der Waals surface area (Å²) < 4.78 is 0. The van der Waals surface area contributed by atoms with Crippen LogP contribution < -0.4 is 5.32 Å². The molecule has 2 rings (SSSR count). The van der Waals surface area contributed by atoms with E-state index in [9.17, 15) is 4.79 Å². The zero-order chi connectivity index (χ0) is 10.1. The Labute approximate surface area is 85.8 Å². The second-order valence-corrected chi connectivity index (χ2v) is 4.49. The van der Waals surface area contributed by atoms with Crippen LogP contribution in [-0.2, 0) is 4.79 Å². The van der Waals surface area contributed by atoms with Crippen molar-refractivity contribution in [2.24, 2.45) is 5.92 Å². The molecule has 80 valence electrons. The van der Waals surface area contributed by atoms with Gasteiger partial charge in [0.2, 0.25) is 5.91 Å². The monoisotopic (exact) mass is 196 g/mol. The van der Waals surface area contributed by atoms with E-state index in [4.69, 9.17) is 0 Å². The van der Waals surface area contributed by atoms with Gasteiger partial charge >= 0.3 is 0 Å². The molecule has 1 heterocycles. The van der Waals surface area contributed by atoms with Crippen LogP contribution in [-0.4, -0.2) is 29.6 Å². The molecule has 2 aliphatic rings. The van der Waals surface area contributed by atoms with Crippen LogP contribution in [0.4, 0.5) is 0 Å². The van der Waals surface area contributed by atoms with E-state index in [-0.39, 0.29) is 6.04 Å². The lowest BCUT2D eigenvalue weighted by atomic mass is 10.2. The molecule has 0 spiro atoms. The number of amides is 1. The standard InChI is InChI=1S/C11H20N2O/c1-3-9-11(14)13(7-8-5-6-8)10(4-2)12-9/h8-10,12H,3-7H2,1-2H3. The number of nitrogens with zero attached hydrogens (tertiary/aromatic N) is 1. The molecule has 1 aliphatic heterocycles. The molecule has 0 aromatic heterocycles. The van der Waals surface area contributed by atoms with Crippen molar-refractivity contribution < 1.29 is 4.79 Å². The predicted molar refractivity (Wildman–Crippen MR) is 55.7 cm³/mol. The Kier molecular flexibility index (Phi) is 2.77. The summed E-state index contributed by atoms with van der Waals surface area (Å²) in [6.45, 7) is 5.20.